The summed E-state index contributed by atoms with van der Waals surface area (Å²) in [6, 6.07) is 11.7. The van der Waals surface area contributed by atoms with Crippen LogP contribution in [0.2, 0.25) is 10.0 Å². The topological polar surface area (TPSA) is 69.8 Å². The average molecular weight is 321 g/mol. The van der Waals surface area contributed by atoms with Crippen molar-refractivity contribution in [3.05, 3.63) is 52.5 Å². The third-order valence-electron chi connectivity index (χ3n) is 2.78. The van der Waals surface area contributed by atoms with Gasteiger partial charge < -0.3 is 10.3 Å². The Morgan fingerprint density at radius 1 is 1.00 bits per heavy atom. The Morgan fingerprint density at radius 2 is 1.71 bits per heavy atom. The Hall–Kier alpha value is -2.24. The fourth-order valence-corrected chi connectivity index (χ4v) is 2.14. The quantitative estimate of drug-likeness (QED) is 0.650. The first-order chi connectivity index (χ1) is 10.1. The number of carbonyl (C=O) groups is 1. The number of urea groups is 1. The highest BCUT2D eigenvalue weighted by Gasteiger charge is 2.07. The Balaban J connectivity index is 1.72. The second-order valence-electron chi connectivity index (χ2n) is 4.33. The average Bonchev–Trinajstić information content (AvgIpc) is 2.82. The van der Waals surface area contributed by atoms with Crippen molar-refractivity contribution in [2.45, 2.75) is 0 Å². The number of imidazole rings is 1. The first-order valence-corrected chi connectivity index (χ1v) is 6.84. The van der Waals surface area contributed by atoms with E-state index in [1.54, 1.807) is 42.5 Å². The van der Waals surface area contributed by atoms with Gasteiger partial charge in [0.15, 0.2) is 0 Å². The maximum Gasteiger partial charge on any atom is 0.326 e. The fraction of sp³-hybridized carbons (Fsp3) is 0. The molecule has 0 radical (unpaired) electrons. The van der Waals surface area contributed by atoms with Crippen LogP contribution in [0.1, 0.15) is 0 Å². The molecule has 0 aliphatic carbocycles. The third-order valence-corrected chi connectivity index (χ3v) is 3.27. The summed E-state index contributed by atoms with van der Waals surface area (Å²) in [5, 5.41) is 6.51. The Kier molecular flexibility index (Phi) is 3.68. The van der Waals surface area contributed by atoms with E-state index in [0.717, 1.165) is 11.0 Å². The number of amides is 2. The molecule has 0 aliphatic rings. The maximum atomic E-state index is 11.9. The lowest BCUT2D eigenvalue weighted by atomic mass is 10.3. The molecule has 106 valence electrons. The molecule has 0 bridgehead atoms. The molecule has 3 N–H and O–H groups in total. The van der Waals surface area contributed by atoms with E-state index >= 15 is 0 Å². The van der Waals surface area contributed by atoms with Crippen molar-refractivity contribution in [3.8, 4) is 0 Å². The van der Waals surface area contributed by atoms with Crippen LogP contribution >= 0.6 is 23.2 Å². The van der Waals surface area contributed by atoms with Gasteiger partial charge in [0.2, 0.25) is 5.95 Å². The highest BCUT2D eigenvalue weighted by molar-refractivity contribution is 6.31. The van der Waals surface area contributed by atoms with Crippen molar-refractivity contribution < 1.29 is 4.79 Å². The molecule has 0 atom stereocenters. The van der Waals surface area contributed by atoms with Gasteiger partial charge in [-0.05, 0) is 42.5 Å². The Labute approximate surface area is 130 Å². The number of rotatable bonds is 2. The number of H-pyrrole nitrogens is 1. The van der Waals surface area contributed by atoms with Crippen molar-refractivity contribution >= 4 is 51.9 Å². The van der Waals surface area contributed by atoms with Gasteiger partial charge in [-0.2, -0.15) is 0 Å². The predicted molar refractivity (Wildman–Crippen MR) is 85.2 cm³/mol. The Morgan fingerprint density at radius 3 is 2.48 bits per heavy atom. The van der Waals surface area contributed by atoms with Gasteiger partial charge in [0, 0.05) is 15.7 Å². The predicted octanol–water partition coefficient (Wildman–Crippen LogP) is 4.51. The van der Waals surface area contributed by atoms with E-state index in [2.05, 4.69) is 20.6 Å². The van der Waals surface area contributed by atoms with Crippen LogP contribution in [0.5, 0.6) is 0 Å². The van der Waals surface area contributed by atoms with Gasteiger partial charge in [0.05, 0.1) is 11.0 Å². The molecule has 7 heteroatoms. The first-order valence-electron chi connectivity index (χ1n) is 6.09. The summed E-state index contributed by atoms with van der Waals surface area (Å²) in [5.41, 5.74) is 2.11. The molecular formula is C14H10Cl2N4O. The molecule has 5 nitrogen and oxygen atoms in total. The van der Waals surface area contributed by atoms with Crippen molar-refractivity contribution in [2.75, 3.05) is 10.6 Å². The fourth-order valence-electron chi connectivity index (χ4n) is 1.84. The zero-order valence-corrected chi connectivity index (χ0v) is 12.2. The van der Waals surface area contributed by atoms with Crippen LogP contribution in [0.15, 0.2) is 42.5 Å². The first kappa shape index (κ1) is 13.7. The number of benzene rings is 2. The number of nitrogens with zero attached hydrogens (tertiary/aromatic N) is 1. The molecule has 1 aromatic heterocycles. The van der Waals surface area contributed by atoms with Gasteiger partial charge in [-0.1, -0.05) is 23.2 Å². The van der Waals surface area contributed by atoms with Crippen LogP contribution < -0.4 is 10.6 Å². The standard InChI is InChI=1S/C14H10Cl2N4O/c15-8-1-4-10(5-2-8)17-14(21)20-13-18-11-6-3-9(16)7-12(11)19-13/h1-7H,(H3,17,18,19,20,21). The maximum absolute atomic E-state index is 11.9. The molecule has 2 aromatic carbocycles. The summed E-state index contributed by atoms with van der Waals surface area (Å²) >= 11 is 11.7. The van der Waals surface area contributed by atoms with Gasteiger partial charge in [-0.15, -0.1) is 0 Å². The monoisotopic (exact) mass is 320 g/mol. The second-order valence-corrected chi connectivity index (χ2v) is 5.21. The second kappa shape index (κ2) is 5.63. The summed E-state index contributed by atoms with van der Waals surface area (Å²) in [7, 11) is 0. The van der Waals surface area contributed by atoms with Gasteiger partial charge in [0.25, 0.3) is 0 Å². The highest BCUT2D eigenvalue weighted by Crippen LogP contribution is 2.19. The van der Waals surface area contributed by atoms with Crippen molar-refractivity contribution in [3.63, 3.8) is 0 Å². The minimum atomic E-state index is -0.400. The summed E-state index contributed by atoms with van der Waals surface area (Å²) in [4.78, 5) is 19.1. The van der Waals surface area contributed by atoms with Crippen LogP contribution in [-0.4, -0.2) is 16.0 Å². The number of aromatic nitrogens is 2. The van der Waals surface area contributed by atoms with E-state index in [1.807, 2.05) is 0 Å². The van der Waals surface area contributed by atoms with E-state index in [4.69, 9.17) is 23.2 Å². The normalized spacial score (nSPS) is 10.6. The summed E-state index contributed by atoms with van der Waals surface area (Å²) in [5.74, 6) is 0.346. The minimum Gasteiger partial charge on any atom is -0.324 e. The van der Waals surface area contributed by atoms with Crippen molar-refractivity contribution in [2.24, 2.45) is 0 Å². The van der Waals surface area contributed by atoms with Crippen LogP contribution in [0.3, 0.4) is 0 Å². The zero-order valence-electron chi connectivity index (χ0n) is 10.7. The molecule has 0 saturated heterocycles. The van der Waals surface area contributed by atoms with Crippen LogP contribution in [0.4, 0.5) is 16.4 Å². The smallest absolute Gasteiger partial charge is 0.324 e. The molecule has 3 aromatic rings. The molecule has 0 aliphatic heterocycles. The summed E-state index contributed by atoms with van der Waals surface area (Å²) < 4.78 is 0. The molecule has 0 spiro atoms. The number of anilines is 2. The minimum absolute atomic E-state index is 0.346. The SMILES string of the molecule is O=C(Nc1ccc(Cl)cc1)Nc1nc2ccc(Cl)cc2[nH]1. The molecule has 2 amide bonds. The number of carbonyl (C=O) groups excluding carboxylic acids is 1. The lowest BCUT2D eigenvalue weighted by Crippen LogP contribution is -2.20. The molecule has 0 fully saturated rings. The molecular weight excluding hydrogens is 311 g/mol. The van der Waals surface area contributed by atoms with E-state index in [-0.39, 0.29) is 0 Å². The number of halogens is 2. The molecule has 1 heterocycles. The summed E-state index contributed by atoms with van der Waals surface area (Å²) in [6.07, 6.45) is 0. The van der Waals surface area contributed by atoms with Gasteiger partial charge in [-0.25, -0.2) is 9.78 Å². The lowest BCUT2D eigenvalue weighted by Gasteiger charge is -2.05. The number of hydrogen-bond acceptors (Lipinski definition) is 2. The number of aromatic amines is 1. The van der Waals surface area contributed by atoms with E-state index in [9.17, 15) is 4.79 Å². The number of nitrogens with one attached hydrogen (secondary N) is 3. The van der Waals surface area contributed by atoms with Gasteiger partial charge in [-0.3, -0.25) is 5.32 Å². The Bertz CT molecular complexity index is 798. The molecule has 0 saturated carbocycles. The van der Waals surface area contributed by atoms with Crippen LogP contribution in [0.25, 0.3) is 11.0 Å². The van der Waals surface area contributed by atoms with E-state index in [0.29, 0.717) is 21.7 Å². The van der Waals surface area contributed by atoms with Crippen LogP contribution in [0, 0.1) is 0 Å². The molecule has 0 unspecified atom stereocenters. The van der Waals surface area contributed by atoms with E-state index < -0.39 is 6.03 Å². The van der Waals surface area contributed by atoms with Crippen molar-refractivity contribution in [1.82, 2.24) is 9.97 Å². The molecule has 21 heavy (non-hydrogen) atoms. The number of hydrogen-bond donors (Lipinski definition) is 3. The highest BCUT2D eigenvalue weighted by atomic mass is 35.5. The zero-order chi connectivity index (χ0) is 14.8. The lowest BCUT2D eigenvalue weighted by molar-refractivity contribution is 0.262. The van der Waals surface area contributed by atoms with Crippen molar-refractivity contribution in [1.29, 1.82) is 0 Å². The summed E-state index contributed by atoms with van der Waals surface area (Å²) in [6.45, 7) is 0. The van der Waals surface area contributed by atoms with Gasteiger partial charge in [0.1, 0.15) is 0 Å². The van der Waals surface area contributed by atoms with Gasteiger partial charge >= 0.3 is 6.03 Å². The number of fused-ring (bicyclic) bond motifs is 1. The largest absolute Gasteiger partial charge is 0.326 e. The van der Waals surface area contributed by atoms with E-state index in [1.165, 1.54) is 0 Å². The third kappa shape index (κ3) is 3.26. The van der Waals surface area contributed by atoms with Crippen LogP contribution in [-0.2, 0) is 0 Å². The molecule has 3 rings (SSSR count).